The third-order valence-electron chi connectivity index (χ3n) is 1.80. The number of hydrogen-bond donors (Lipinski definition) is 0. The van der Waals surface area contributed by atoms with Crippen molar-refractivity contribution in [2.45, 2.75) is 19.4 Å². The lowest BCUT2D eigenvalue weighted by molar-refractivity contribution is -0.151. The molecule has 0 N–H and O–H groups in total. The van der Waals surface area contributed by atoms with Crippen LogP contribution < -0.4 is 0 Å². The third-order valence-corrected chi connectivity index (χ3v) is 1.80. The van der Waals surface area contributed by atoms with Crippen LogP contribution in [-0.2, 0) is 9.53 Å². The summed E-state index contributed by atoms with van der Waals surface area (Å²) in [4.78, 5) is 12.8. The molecular formula is C7H15NO2. The second kappa shape index (κ2) is 3.01. The van der Waals surface area contributed by atoms with Gasteiger partial charge in [-0.15, -0.1) is 0 Å². The molecule has 0 fully saturated rings. The third kappa shape index (κ3) is 1.70. The quantitative estimate of drug-likeness (QED) is 0.530. The molecule has 0 heterocycles. The Bertz CT molecular complexity index is 130. The monoisotopic (exact) mass is 145 g/mol. The molecule has 0 saturated carbocycles. The van der Waals surface area contributed by atoms with E-state index in [1.165, 1.54) is 7.11 Å². The topological polar surface area (TPSA) is 29.5 Å². The Kier molecular flexibility index (Phi) is 2.84. The van der Waals surface area contributed by atoms with Crippen molar-refractivity contribution in [3.8, 4) is 0 Å². The molecule has 0 rings (SSSR count). The highest BCUT2D eigenvalue weighted by Crippen LogP contribution is 2.10. The van der Waals surface area contributed by atoms with E-state index < -0.39 is 5.54 Å². The van der Waals surface area contributed by atoms with Crippen molar-refractivity contribution in [3.63, 3.8) is 0 Å². The number of nitrogens with zero attached hydrogens (tertiary/aromatic N) is 1. The first kappa shape index (κ1) is 9.43. The van der Waals surface area contributed by atoms with Gasteiger partial charge in [0.1, 0.15) is 5.54 Å². The average molecular weight is 145 g/mol. The molecule has 0 aromatic carbocycles. The van der Waals surface area contributed by atoms with Crippen LogP contribution in [-0.4, -0.2) is 37.6 Å². The summed E-state index contributed by atoms with van der Waals surface area (Å²) in [5.74, 6) is -0.211. The number of carbonyl (C=O) groups excluding carboxylic acids is 1. The van der Waals surface area contributed by atoms with E-state index in [0.29, 0.717) is 0 Å². The molecule has 0 saturated heterocycles. The molecule has 60 valence electrons. The van der Waals surface area contributed by atoms with Gasteiger partial charge in [0.05, 0.1) is 7.11 Å². The van der Waals surface area contributed by atoms with Crippen LogP contribution in [0.4, 0.5) is 0 Å². The molecule has 0 unspecified atom stereocenters. The van der Waals surface area contributed by atoms with Gasteiger partial charge in [-0.05, 0) is 27.9 Å². The van der Waals surface area contributed by atoms with E-state index in [9.17, 15) is 4.79 Å². The van der Waals surface area contributed by atoms with Gasteiger partial charge in [0.25, 0.3) is 0 Å². The first-order chi connectivity index (χ1) is 4.42. The summed E-state index contributed by atoms with van der Waals surface area (Å²) in [6, 6.07) is 0. The van der Waals surface area contributed by atoms with Crippen LogP contribution in [0.25, 0.3) is 0 Å². The van der Waals surface area contributed by atoms with Gasteiger partial charge in [0, 0.05) is 0 Å². The van der Waals surface area contributed by atoms with Crippen LogP contribution >= 0.6 is 0 Å². The largest absolute Gasteiger partial charge is 0.468 e. The van der Waals surface area contributed by atoms with Crippen LogP contribution in [0.3, 0.4) is 0 Å². The van der Waals surface area contributed by atoms with Gasteiger partial charge in [-0.1, -0.05) is 0 Å². The molecule has 0 bridgehead atoms. The van der Waals surface area contributed by atoms with Crippen LogP contribution in [0.5, 0.6) is 0 Å². The molecule has 0 radical (unpaired) electrons. The Hall–Kier alpha value is -0.570. The number of rotatable bonds is 2. The minimum absolute atomic E-state index is 0.211. The molecule has 0 spiro atoms. The summed E-state index contributed by atoms with van der Waals surface area (Å²) in [5.41, 5.74) is -0.519. The molecular weight excluding hydrogens is 130 g/mol. The van der Waals surface area contributed by atoms with E-state index >= 15 is 0 Å². The maximum atomic E-state index is 11.0. The van der Waals surface area contributed by atoms with Crippen LogP contribution in [0.15, 0.2) is 0 Å². The van der Waals surface area contributed by atoms with Gasteiger partial charge in [-0.25, -0.2) is 0 Å². The van der Waals surface area contributed by atoms with Crippen molar-refractivity contribution < 1.29 is 9.53 Å². The van der Waals surface area contributed by atoms with Gasteiger partial charge in [-0.2, -0.15) is 0 Å². The minimum Gasteiger partial charge on any atom is -0.468 e. The van der Waals surface area contributed by atoms with Crippen LogP contribution in [0, 0.1) is 0 Å². The molecule has 3 heteroatoms. The summed E-state index contributed by atoms with van der Waals surface area (Å²) in [7, 11) is 5.08. The van der Waals surface area contributed by atoms with Crippen molar-refractivity contribution in [2.24, 2.45) is 0 Å². The molecule has 3 nitrogen and oxygen atoms in total. The van der Waals surface area contributed by atoms with Crippen molar-refractivity contribution in [1.82, 2.24) is 4.90 Å². The van der Waals surface area contributed by atoms with Crippen molar-refractivity contribution in [1.29, 1.82) is 0 Å². The maximum absolute atomic E-state index is 11.0. The maximum Gasteiger partial charge on any atom is 0.325 e. The normalized spacial score (nSPS) is 11.8. The zero-order valence-electron chi connectivity index (χ0n) is 7.26. The van der Waals surface area contributed by atoms with E-state index in [1.807, 2.05) is 32.8 Å². The predicted octanol–water partition coefficient (Wildman–Crippen LogP) is 0.500. The Morgan fingerprint density at radius 1 is 1.40 bits per heavy atom. The summed E-state index contributed by atoms with van der Waals surface area (Å²) >= 11 is 0. The predicted molar refractivity (Wildman–Crippen MR) is 39.8 cm³/mol. The van der Waals surface area contributed by atoms with Crippen molar-refractivity contribution in [2.75, 3.05) is 21.2 Å². The molecule has 0 aliphatic rings. The summed E-state index contributed by atoms with van der Waals surface area (Å²) < 4.78 is 4.60. The SMILES string of the molecule is COC(=O)C(C)(C)N(C)C. The van der Waals surface area contributed by atoms with Gasteiger partial charge < -0.3 is 4.74 Å². The smallest absolute Gasteiger partial charge is 0.325 e. The fourth-order valence-electron chi connectivity index (χ4n) is 0.432. The summed E-state index contributed by atoms with van der Waals surface area (Å²) in [6.07, 6.45) is 0. The zero-order valence-corrected chi connectivity index (χ0v) is 7.26. The molecule has 0 atom stereocenters. The van der Waals surface area contributed by atoms with E-state index in [2.05, 4.69) is 4.74 Å². The highest BCUT2D eigenvalue weighted by Gasteiger charge is 2.30. The van der Waals surface area contributed by atoms with Crippen LogP contribution in [0.2, 0.25) is 0 Å². The van der Waals surface area contributed by atoms with Crippen LogP contribution in [0.1, 0.15) is 13.8 Å². The van der Waals surface area contributed by atoms with Gasteiger partial charge in [0.2, 0.25) is 0 Å². The summed E-state index contributed by atoms with van der Waals surface area (Å²) in [6.45, 7) is 3.64. The number of hydrogen-bond acceptors (Lipinski definition) is 3. The Morgan fingerprint density at radius 2 is 1.80 bits per heavy atom. The van der Waals surface area contributed by atoms with Gasteiger partial charge >= 0.3 is 5.97 Å². The Labute approximate surface area is 62.0 Å². The van der Waals surface area contributed by atoms with Crippen molar-refractivity contribution in [3.05, 3.63) is 0 Å². The van der Waals surface area contributed by atoms with Gasteiger partial charge in [-0.3, -0.25) is 9.69 Å². The van der Waals surface area contributed by atoms with E-state index in [1.54, 1.807) is 0 Å². The number of esters is 1. The Balaban J connectivity index is 4.24. The number of ether oxygens (including phenoxy) is 1. The molecule has 10 heavy (non-hydrogen) atoms. The number of likely N-dealkylation sites (N-methyl/N-ethyl adjacent to an activating group) is 1. The second-order valence-electron chi connectivity index (χ2n) is 2.95. The highest BCUT2D eigenvalue weighted by atomic mass is 16.5. The first-order valence-electron chi connectivity index (χ1n) is 3.18. The fourth-order valence-corrected chi connectivity index (χ4v) is 0.432. The molecule has 0 aliphatic heterocycles. The number of methoxy groups -OCH3 is 1. The standard InChI is InChI=1S/C7H15NO2/c1-7(2,8(3)4)6(9)10-5/h1-5H3. The number of carbonyl (C=O) groups is 1. The average Bonchev–Trinajstić information content (AvgIpc) is 1.86. The lowest BCUT2D eigenvalue weighted by Gasteiger charge is -2.28. The molecule has 0 aromatic rings. The summed E-state index contributed by atoms with van der Waals surface area (Å²) in [5, 5.41) is 0. The molecule has 0 aromatic heterocycles. The van der Waals surface area contributed by atoms with E-state index in [4.69, 9.17) is 0 Å². The first-order valence-corrected chi connectivity index (χ1v) is 3.18. The second-order valence-corrected chi connectivity index (χ2v) is 2.95. The highest BCUT2D eigenvalue weighted by molar-refractivity contribution is 5.79. The van der Waals surface area contributed by atoms with E-state index in [-0.39, 0.29) is 5.97 Å². The molecule has 0 aliphatic carbocycles. The lowest BCUT2D eigenvalue weighted by atomic mass is 10.1. The minimum atomic E-state index is -0.519. The fraction of sp³-hybridized carbons (Fsp3) is 0.857. The zero-order chi connectivity index (χ0) is 8.36. The van der Waals surface area contributed by atoms with Crippen molar-refractivity contribution >= 4 is 5.97 Å². The van der Waals surface area contributed by atoms with E-state index in [0.717, 1.165) is 0 Å². The molecule has 0 amide bonds. The van der Waals surface area contributed by atoms with Gasteiger partial charge in [0.15, 0.2) is 0 Å². The Morgan fingerprint density at radius 3 is 1.90 bits per heavy atom. The lowest BCUT2D eigenvalue weighted by Crippen LogP contribution is -2.46.